The highest BCUT2D eigenvalue weighted by atomic mass is 15.3. The number of rotatable bonds is 5. The minimum atomic E-state index is -0.332. The summed E-state index contributed by atoms with van der Waals surface area (Å²) in [5.41, 5.74) is 8.36. The van der Waals surface area contributed by atoms with Gasteiger partial charge in [-0.05, 0) is 53.6 Å². The van der Waals surface area contributed by atoms with Crippen molar-refractivity contribution in [2.45, 2.75) is 0 Å². The van der Waals surface area contributed by atoms with Crippen molar-refractivity contribution < 1.29 is 5.48 Å². The summed E-state index contributed by atoms with van der Waals surface area (Å²) in [5.74, 6) is 0.972. The molecule has 0 spiro atoms. The Morgan fingerprint density at radius 1 is 0.351 bits per heavy atom. The zero-order valence-corrected chi connectivity index (χ0v) is 30.3. The molecule has 0 unspecified atom stereocenters. The van der Waals surface area contributed by atoms with Crippen LogP contribution < -0.4 is 0 Å². The molecule has 0 amide bonds. The molecule has 0 atom stereocenters. The highest BCUT2D eigenvalue weighted by molar-refractivity contribution is 6.11. The number of nitrogens with zero attached hydrogens (tertiary/aromatic N) is 6. The second-order valence-corrected chi connectivity index (χ2v) is 14.1. The third-order valence-electron chi connectivity index (χ3n) is 11.1. The van der Waals surface area contributed by atoms with Crippen molar-refractivity contribution in [2.75, 3.05) is 0 Å². The fraction of sp³-hybridized carbons (Fsp3) is 0. The van der Waals surface area contributed by atoms with E-state index in [4.69, 9.17) is 19.1 Å². The molecule has 0 aliphatic heterocycles. The van der Waals surface area contributed by atoms with Crippen molar-refractivity contribution in [2.24, 2.45) is 0 Å². The van der Waals surface area contributed by atoms with Crippen molar-refractivity contribution >= 4 is 65.4 Å². The Labute approximate surface area is 332 Å². The molecular weight excluding hydrogens is 697 g/mol. The van der Waals surface area contributed by atoms with Gasteiger partial charge in [0.1, 0.15) is 0 Å². The Kier molecular flexibility index (Phi) is 6.00. The molecule has 0 saturated heterocycles. The SMILES string of the molecule is [2H]c1c([2H])c([2H])c2c(c1[2H])c1ccccc1n2-c1nc(-c2c(-c3ccccc3)cccc2-n2c3ccccc3c3ccccc32)nc(-n2c3ccccc3c3ccccc32)n1. The van der Waals surface area contributed by atoms with Crippen LogP contribution in [0.4, 0.5) is 0 Å². The molecule has 4 heterocycles. The molecule has 0 radical (unpaired) electrons. The van der Waals surface area contributed by atoms with E-state index in [0.29, 0.717) is 28.1 Å². The lowest BCUT2D eigenvalue weighted by Crippen LogP contribution is -2.11. The maximum Gasteiger partial charge on any atom is 0.240 e. The first-order valence-electron chi connectivity index (χ1n) is 20.9. The van der Waals surface area contributed by atoms with E-state index in [1.165, 1.54) is 0 Å². The summed E-state index contributed by atoms with van der Waals surface area (Å²) in [6, 6.07) is 56.4. The highest BCUT2D eigenvalue weighted by Gasteiger charge is 2.25. The summed E-state index contributed by atoms with van der Waals surface area (Å²) < 4.78 is 42.0. The second-order valence-electron chi connectivity index (χ2n) is 14.1. The van der Waals surface area contributed by atoms with Gasteiger partial charge in [-0.25, -0.2) is 0 Å². The van der Waals surface area contributed by atoms with Crippen LogP contribution in [0, 0.1) is 0 Å². The molecule has 0 saturated carbocycles. The topological polar surface area (TPSA) is 53.5 Å². The van der Waals surface area contributed by atoms with Crippen molar-refractivity contribution in [1.82, 2.24) is 28.7 Å². The molecule has 12 rings (SSSR count). The van der Waals surface area contributed by atoms with Gasteiger partial charge in [0.2, 0.25) is 11.9 Å². The lowest BCUT2D eigenvalue weighted by atomic mass is 9.97. The van der Waals surface area contributed by atoms with Gasteiger partial charge in [0.05, 0.1) is 49.8 Å². The van der Waals surface area contributed by atoms with E-state index in [1.807, 2.05) is 66.7 Å². The Morgan fingerprint density at radius 3 is 1.33 bits per heavy atom. The maximum absolute atomic E-state index is 9.31. The van der Waals surface area contributed by atoms with Gasteiger partial charge in [0.25, 0.3) is 0 Å². The van der Waals surface area contributed by atoms with Gasteiger partial charge in [-0.15, -0.1) is 0 Å². The van der Waals surface area contributed by atoms with Crippen LogP contribution in [0.5, 0.6) is 0 Å². The normalized spacial score (nSPS) is 12.8. The van der Waals surface area contributed by atoms with Crippen molar-refractivity contribution in [1.29, 1.82) is 0 Å². The lowest BCUT2D eigenvalue weighted by molar-refractivity contribution is 0.892. The van der Waals surface area contributed by atoms with Gasteiger partial charge in [0.15, 0.2) is 5.82 Å². The van der Waals surface area contributed by atoms with Gasteiger partial charge >= 0.3 is 0 Å². The quantitative estimate of drug-likeness (QED) is 0.177. The van der Waals surface area contributed by atoms with Crippen molar-refractivity contribution in [3.63, 3.8) is 0 Å². The first-order chi connectivity index (χ1) is 30.0. The Morgan fingerprint density at radius 2 is 0.789 bits per heavy atom. The molecule has 6 nitrogen and oxygen atoms in total. The van der Waals surface area contributed by atoms with Gasteiger partial charge in [-0.2, -0.15) is 15.0 Å². The fourth-order valence-electron chi connectivity index (χ4n) is 8.68. The molecule has 4 aromatic heterocycles. The Balaban J connectivity index is 1.28. The molecule has 12 aromatic rings. The molecule has 0 aliphatic carbocycles. The Hall–Kier alpha value is -7.83. The average Bonchev–Trinajstić information content (AvgIpc) is 3.96. The number of fused-ring (bicyclic) bond motifs is 9. The van der Waals surface area contributed by atoms with Crippen LogP contribution in [-0.2, 0) is 0 Å². The van der Waals surface area contributed by atoms with Crippen molar-refractivity contribution in [3.8, 4) is 40.1 Å². The van der Waals surface area contributed by atoms with Crippen LogP contribution in [0.1, 0.15) is 5.48 Å². The zero-order chi connectivity index (χ0) is 40.9. The minimum Gasteiger partial charge on any atom is -0.308 e. The van der Waals surface area contributed by atoms with Crippen LogP contribution in [0.2, 0.25) is 0 Å². The van der Waals surface area contributed by atoms with Gasteiger partial charge < -0.3 is 4.57 Å². The van der Waals surface area contributed by atoms with E-state index in [1.54, 1.807) is 4.57 Å². The van der Waals surface area contributed by atoms with E-state index in [-0.39, 0.29) is 35.6 Å². The highest BCUT2D eigenvalue weighted by Crippen LogP contribution is 2.41. The molecule has 0 aliphatic rings. The maximum atomic E-state index is 9.31. The van der Waals surface area contributed by atoms with Gasteiger partial charge in [-0.3, -0.25) is 9.13 Å². The van der Waals surface area contributed by atoms with E-state index in [9.17, 15) is 1.37 Å². The first kappa shape index (κ1) is 27.7. The molecule has 6 heteroatoms. The molecule has 0 fully saturated rings. The third-order valence-corrected chi connectivity index (χ3v) is 11.1. The predicted octanol–water partition coefficient (Wildman–Crippen LogP) is 12.5. The predicted molar refractivity (Wildman–Crippen MR) is 234 cm³/mol. The number of hydrogen-bond acceptors (Lipinski definition) is 3. The lowest BCUT2D eigenvalue weighted by Gasteiger charge is -2.19. The standard InChI is InChI=1S/C51H32N6/c1-2-17-33(18-3-1)34-25-16-32-47(55-41-26-10-4-19-35(41)36-20-5-11-27-42(36)55)48(34)49-52-50(56-43-28-12-6-21-37(43)38-22-7-13-29-44(38)56)54-51(53-49)57-45-30-14-8-23-39(45)40-24-9-15-31-46(40)57/h1-32H/i6D,12D,21D,28D. The zero-order valence-electron chi connectivity index (χ0n) is 34.3. The van der Waals surface area contributed by atoms with Crippen LogP contribution >= 0.6 is 0 Å². The van der Waals surface area contributed by atoms with Crippen LogP contribution in [-0.4, -0.2) is 28.7 Å². The van der Waals surface area contributed by atoms with E-state index >= 15 is 0 Å². The monoisotopic (exact) mass is 732 g/mol. The summed E-state index contributed by atoms with van der Waals surface area (Å²) >= 11 is 0. The summed E-state index contributed by atoms with van der Waals surface area (Å²) in [6.45, 7) is 0. The molecule has 8 aromatic carbocycles. The Bertz CT molecular complexity index is 3670. The van der Waals surface area contributed by atoms with Crippen LogP contribution in [0.25, 0.3) is 106 Å². The third kappa shape index (κ3) is 4.68. The second kappa shape index (κ2) is 12.3. The first-order valence-corrected chi connectivity index (χ1v) is 18.9. The summed E-state index contributed by atoms with van der Waals surface area (Å²) in [4.78, 5) is 16.2. The molecule has 266 valence electrons. The fourth-order valence-corrected chi connectivity index (χ4v) is 8.68. The number of hydrogen-bond donors (Lipinski definition) is 0. The average molecular weight is 733 g/mol. The van der Waals surface area contributed by atoms with E-state index in [2.05, 4.69) is 112 Å². The summed E-state index contributed by atoms with van der Waals surface area (Å²) in [7, 11) is 0. The largest absolute Gasteiger partial charge is 0.308 e. The van der Waals surface area contributed by atoms with Crippen LogP contribution in [0.3, 0.4) is 0 Å². The van der Waals surface area contributed by atoms with Gasteiger partial charge in [0, 0.05) is 32.3 Å². The summed E-state index contributed by atoms with van der Waals surface area (Å²) in [5, 5.41) is 5.40. The van der Waals surface area contributed by atoms with Crippen LogP contribution in [0.15, 0.2) is 194 Å². The number of para-hydroxylation sites is 6. The van der Waals surface area contributed by atoms with E-state index < -0.39 is 0 Å². The number of benzene rings is 8. The molecule has 0 bridgehead atoms. The number of aromatic nitrogens is 6. The van der Waals surface area contributed by atoms with E-state index in [0.717, 1.165) is 66.0 Å². The van der Waals surface area contributed by atoms with Crippen molar-refractivity contribution in [3.05, 3.63) is 194 Å². The van der Waals surface area contributed by atoms with Gasteiger partial charge in [-0.1, -0.05) is 152 Å². The molecule has 0 N–H and O–H groups in total. The molecular formula is C51H32N6. The smallest absolute Gasteiger partial charge is 0.240 e. The summed E-state index contributed by atoms with van der Waals surface area (Å²) in [6.07, 6.45) is 0. The molecule has 57 heavy (non-hydrogen) atoms. The minimum absolute atomic E-state index is 0.120.